The first kappa shape index (κ1) is 21.5. The third kappa shape index (κ3) is 4.10. The average molecular weight is 439 g/mol. The first-order valence-corrected chi connectivity index (χ1v) is 10.9. The van der Waals surface area contributed by atoms with Crippen molar-refractivity contribution in [1.29, 1.82) is 0 Å². The summed E-state index contributed by atoms with van der Waals surface area (Å²) >= 11 is 6.06. The van der Waals surface area contributed by atoms with Gasteiger partial charge in [0.05, 0.1) is 16.9 Å². The first-order valence-electron chi connectivity index (χ1n) is 10.5. The summed E-state index contributed by atoms with van der Waals surface area (Å²) in [5.74, 6) is 0.776. The van der Waals surface area contributed by atoms with Crippen molar-refractivity contribution in [2.24, 2.45) is 7.05 Å². The fraction of sp³-hybridized carbons (Fsp3) is 0.375. The number of fused-ring (bicyclic) bond motifs is 1. The zero-order valence-corrected chi connectivity index (χ0v) is 19.1. The predicted octanol–water partition coefficient (Wildman–Crippen LogP) is 3.80. The Morgan fingerprint density at radius 1 is 1.16 bits per heavy atom. The zero-order chi connectivity index (χ0) is 22.3. The van der Waals surface area contributed by atoms with Gasteiger partial charge in [0, 0.05) is 43.3 Å². The molecule has 7 heteroatoms. The van der Waals surface area contributed by atoms with Gasteiger partial charge in [-0.2, -0.15) is 0 Å². The number of halogens is 1. The summed E-state index contributed by atoms with van der Waals surface area (Å²) < 4.78 is 1.61. The summed E-state index contributed by atoms with van der Waals surface area (Å²) in [6, 6.07) is 12.9. The Labute approximate surface area is 187 Å². The number of carbonyl (C=O) groups excluding carboxylic acids is 1. The Balaban J connectivity index is 1.55. The molecule has 2 heterocycles. The second kappa shape index (κ2) is 8.44. The normalized spacial score (nSPS) is 18.4. The van der Waals surface area contributed by atoms with Gasteiger partial charge in [0.25, 0.3) is 11.5 Å². The van der Waals surface area contributed by atoms with Gasteiger partial charge in [-0.25, -0.2) is 4.98 Å². The van der Waals surface area contributed by atoms with Crippen molar-refractivity contribution in [3.05, 3.63) is 74.8 Å². The molecule has 1 aliphatic heterocycles. The highest BCUT2D eigenvalue weighted by Crippen LogP contribution is 2.24. The fourth-order valence-corrected chi connectivity index (χ4v) is 4.47. The number of aryl methyl sites for hydroxylation is 1. The molecule has 2 aromatic carbocycles. The molecule has 6 nitrogen and oxygen atoms in total. The van der Waals surface area contributed by atoms with Gasteiger partial charge in [0.1, 0.15) is 5.82 Å². The number of hydrogen-bond acceptors (Lipinski definition) is 4. The van der Waals surface area contributed by atoms with E-state index >= 15 is 0 Å². The number of aromatic nitrogens is 2. The summed E-state index contributed by atoms with van der Waals surface area (Å²) in [5, 5.41) is 1.04. The molecule has 2 atom stereocenters. The van der Waals surface area contributed by atoms with Gasteiger partial charge >= 0.3 is 0 Å². The molecule has 0 spiro atoms. The van der Waals surface area contributed by atoms with E-state index in [9.17, 15) is 9.59 Å². The molecule has 2 unspecified atom stereocenters. The highest BCUT2D eigenvalue weighted by Gasteiger charge is 2.32. The molecule has 0 aliphatic carbocycles. The molecule has 3 aromatic rings. The van der Waals surface area contributed by atoms with Crippen LogP contribution in [0, 0.1) is 6.92 Å². The molecule has 0 bridgehead atoms. The maximum Gasteiger partial charge on any atom is 0.261 e. The van der Waals surface area contributed by atoms with Crippen molar-refractivity contribution in [2.45, 2.75) is 32.9 Å². The van der Waals surface area contributed by atoms with Crippen LogP contribution in [-0.4, -0.2) is 50.9 Å². The van der Waals surface area contributed by atoms with E-state index in [-0.39, 0.29) is 23.6 Å². The minimum atomic E-state index is -0.101. The zero-order valence-electron chi connectivity index (χ0n) is 18.3. The van der Waals surface area contributed by atoms with Crippen LogP contribution in [0.25, 0.3) is 10.9 Å². The first-order chi connectivity index (χ1) is 14.8. The molecule has 1 aromatic heterocycles. The van der Waals surface area contributed by atoms with Crippen LogP contribution in [0.2, 0.25) is 5.02 Å². The lowest BCUT2D eigenvalue weighted by molar-refractivity contribution is 0.0392. The monoisotopic (exact) mass is 438 g/mol. The van der Waals surface area contributed by atoms with E-state index in [2.05, 4.69) is 18.7 Å². The van der Waals surface area contributed by atoms with Crippen molar-refractivity contribution in [2.75, 3.05) is 19.6 Å². The standard InChI is InChI=1S/C24H27ClN4O2/c1-15-5-7-18(8-6-15)23(30)29-12-11-28(14-16(29)2)17(3)22-26-21-10-9-19(25)13-20(21)24(31)27(22)4/h5-10,13,16-17H,11-12,14H2,1-4H3. The lowest BCUT2D eigenvalue weighted by Gasteiger charge is -2.42. The smallest absolute Gasteiger partial charge is 0.261 e. The molecule has 1 fully saturated rings. The second-order valence-corrected chi connectivity index (χ2v) is 8.82. The van der Waals surface area contributed by atoms with Gasteiger partial charge in [-0.1, -0.05) is 29.3 Å². The summed E-state index contributed by atoms with van der Waals surface area (Å²) in [6.07, 6.45) is 0. The lowest BCUT2D eigenvalue weighted by Crippen LogP contribution is -2.54. The minimum Gasteiger partial charge on any atom is -0.333 e. The van der Waals surface area contributed by atoms with E-state index in [0.29, 0.717) is 34.8 Å². The van der Waals surface area contributed by atoms with E-state index in [1.54, 1.807) is 29.8 Å². The van der Waals surface area contributed by atoms with E-state index in [1.807, 2.05) is 36.1 Å². The number of carbonyl (C=O) groups is 1. The Kier molecular flexibility index (Phi) is 5.86. The van der Waals surface area contributed by atoms with Crippen molar-refractivity contribution in [3.8, 4) is 0 Å². The van der Waals surface area contributed by atoms with Gasteiger partial charge in [0.15, 0.2) is 0 Å². The Hall–Kier alpha value is -2.70. The maximum atomic E-state index is 13.0. The molecule has 31 heavy (non-hydrogen) atoms. The van der Waals surface area contributed by atoms with Crippen LogP contribution >= 0.6 is 11.6 Å². The second-order valence-electron chi connectivity index (χ2n) is 8.38. The quantitative estimate of drug-likeness (QED) is 0.624. The molecule has 1 amide bonds. The fourth-order valence-electron chi connectivity index (χ4n) is 4.30. The third-order valence-electron chi connectivity index (χ3n) is 6.21. The number of benzene rings is 2. The van der Waals surface area contributed by atoms with E-state index < -0.39 is 0 Å². The highest BCUT2D eigenvalue weighted by molar-refractivity contribution is 6.31. The van der Waals surface area contributed by atoms with Gasteiger partial charge in [-0.15, -0.1) is 0 Å². The van der Waals surface area contributed by atoms with Crippen LogP contribution in [0.15, 0.2) is 47.3 Å². The molecule has 1 saturated heterocycles. The van der Waals surface area contributed by atoms with E-state index in [4.69, 9.17) is 16.6 Å². The number of nitrogens with zero attached hydrogens (tertiary/aromatic N) is 4. The van der Waals surface area contributed by atoms with Crippen LogP contribution in [0.1, 0.15) is 41.6 Å². The minimum absolute atomic E-state index is 0.0568. The van der Waals surface area contributed by atoms with Crippen LogP contribution in [0.4, 0.5) is 0 Å². The molecular weight excluding hydrogens is 412 g/mol. The van der Waals surface area contributed by atoms with Crippen molar-refractivity contribution < 1.29 is 4.79 Å². The molecule has 0 radical (unpaired) electrons. The number of hydrogen-bond donors (Lipinski definition) is 0. The molecule has 4 rings (SSSR count). The van der Waals surface area contributed by atoms with Gasteiger partial charge in [-0.3, -0.25) is 19.1 Å². The van der Waals surface area contributed by atoms with Gasteiger partial charge in [-0.05, 0) is 51.1 Å². The molecule has 1 aliphatic rings. The summed E-state index contributed by atoms with van der Waals surface area (Å²) in [4.78, 5) is 34.8. The summed E-state index contributed by atoms with van der Waals surface area (Å²) in [5.41, 5.74) is 2.40. The van der Waals surface area contributed by atoms with E-state index in [1.165, 1.54) is 0 Å². The third-order valence-corrected chi connectivity index (χ3v) is 6.45. The average Bonchev–Trinajstić information content (AvgIpc) is 2.76. The Bertz CT molecular complexity index is 1190. The Morgan fingerprint density at radius 3 is 2.55 bits per heavy atom. The number of rotatable bonds is 3. The van der Waals surface area contributed by atoms with Gasteiger partial charge < -0.3 is 4.90 Å². The van der Waals surface area contributed by atoms with Gasteiger partial charge in [0.2, 0.25) is 0 Å². The van der Waals surface area contributed by atoms with Crippen LogP contribution in [0.5, 0.6) is 0 Å². The van der Waals surface area contributed by atoms with Crippen molar-refractivity contribution in [1.82, 2.24) is 19.4 Å². The summed E-state index contributed by atoms with van der Waals surface area (Å²) in [7, 11) is 1.75. The van der Waals surface area contributed by atoms with Crippen LogP contribution in [-0.2, 0) is 7.05 Å². The molecule has 0 N–H and O–H groups in total. The van der Waals surface area contributed by atoms with Crippen LogP contribution in [0.3, 0.4) is 0 Å². The summed E-state index contributed by atoms with van der Waals surface area (Å²) in [6.45, 7) is 8.22. The number of amides is 1. The van der Waals surface area contributed by atoms with Crippen LogP contribution < -0.4 is 5.56 Å². The molecule has 162 valence electrons. The number of piperazine rings is 1. The molecular formula is C24H27ClN4O2. The molecule has 0 saturated carbocycles. The van der Waals surface area contributed by atoms with E-state index in [0.717, 1.165) is 17.7 Å². The predicted molar refractivity (Wildman–Crippen MR) is 124 cm³/mol. The lowest BCUT2D eigenvalue weighted by atomic mass is 10.1. The maximum absolute atomic E-state index is 13.0. The topological polar surface area (TPSA) is 58.4 Å². The van der Waals surface area contributed by atoms with Crippen molar-refractivity contribution >= 4 is 28.4 Å². The van der Waals surface area contributed by atoms with Crippen molar-refractivity contribution in [3.63, 3.8) is 0 Å². The Morgan fingerprint density at radius 2 is 1.87 bits per heavy atom. The largest absolute Gasteiger partial charge is 0.333 e. The SMILES string of the molecule is Cc1ccc(C(=O)N2CCN(C(C)c3nc4ccc(Cl)cc4c(=O)n3C)CC2C)cc1. The highest BCUT2D eigenvalue weighted by atomic mass is 35.5.